The number of carbonyl (C=O) groups is 1. The molecule has 2 N–H and O–H groups in total. The fraction of sp³-hybridized carbons (Fsp3) is 0.273. The van der Waals surface area contributed by atoms with E-state index in [-0.39, 0.29) is 23.7 Å². The Labute approximate surface area is 97.2 Å². The third-order valence-electron chi connectivity index (χ3n) is 2.02. The smallest absolute Gasteiger partial charge is 0.216 e. The molecule has 1 aromatic rings. The highest BCUT2D eigenvalue weighted by atomic mass is 19.2. The molecule has 90 valence electrons. The van der Waals surface area contributed by atoms with Crippen LogP contribution in [0.1, 0.15) is 12.5 Å². The number of anilines is 1. The predicted molar refractivity (Wildman–Crippen MR) is 58.2 cm³/mol. The van der Waals surface area contributed by atoms with Gasteiger partial charge in [0.05, 0.1) is 11.3 Å². The van der Waals surface area contributed by atoms with Crippen LogP contribution in [0.25, 0.3) is 0 Å². The Hall–Kier alpha value is -2.16. The van der Waals surface area contributed by atoms with Crippen LogP contribution in [0.15, 0.2) is 12.1 Å². The maximum Gasteiger partial charge on any atom is 0.216 e. The zero-order chi connectivity index (χ0) is 12.8. The average molecular weight is 239 g/mol. The topological polar surface area (TPSA) is 64.9 Å². The van der Waals surface area contributed by atoms with Crippen molar-refractivity contribution < 1.29 is 13.6 Å². The van der Waals surface area contributed by atoms with Gasteiger partial charge in [-0.25, -0.2) is 8.78 Å². The second kappa shape index (κ2) is 5.80. The Morgan fingerprint density at radius 2 is 2.06 bits per heavy atom. The number of nitrogens with zero attached hydrogens (tertiary/aromatic N) is 1. The lowest BCUT2D eigenvalue weighted by Crippen LogP contribution is -2.26. The van der Waals surface area contributed by atoms with E-state index in [0.29, 0.717) is 6.54 Å². The van der Waals surface area contributed by atoms with Gasteiger partial charge in [-0.05, 0) is 12.1 Å². The summed E-state index contributed by atoms with van der Waals surface area (Å²) in [5.74, 6) is -2.46. The van der Waals surface area contributed by atoms with E-state index in [4.69, 9.17) is 5.26 Å². The Kier molecular flexibility index (Phi) is 4.40. The summed E-state index contributed by atoms with van der Waals surface area (Å²) in [4.78, 5) is 10.6. The molecule has 0 aliphatic carbocycles. The quantitative estimate of drug-likeness (QED) is 0.780. The van der Waals surface area contributed by atoms with Crippen LogP contribution in [0, 0.1) is 23.0 Å². The first-order valence-electron chi connectivity index (χ1n) is 4.92. The first kappa shape index (κ1) is 12.9. The van der Waals surface area contributed by atoms with E-state index >= 15 is 0 Å². The molecular formula is C11H11F2N3O. The first-order valence-corrected chi connectivity index (χ1v) is 4.92. The van der Waals surface area contributed by atoms with Crippen LogP contribution >= 0.6 is 0 Å². The molecule has 0 unspecified atom stereocenters. The Bertz CT molecular complexity index is 469. The van der Waals surface area contributed by atoms with Gasteiger partial charge in [0.15, 0.2) is 11.6 Å². The maximum absolute atomic E-state index is 13.4. The van der Waals surface area contributed by atoms with Gasteiger partial charge in [0.2, 0.25) is 5.91 Å². The molecule has 1 rings (SSSR count). The third kappa shape index (κ3) is 3.41. The number of carbonyl (C=O) groups excluding carboxylic acids is 1. The monoisotopic (exact) mass is 239 g/mol. The number of nitriles is 1. The highest BCUT2D eigenvalue weighted by molar-refractivity contribution is 5.72. The lowest BCUT2D eigenvalue weighted by molar-refractivity contribution is -0.118. The maximum atomic E-state index is 13.4. The number of hydrogen-bond acceptors (Lipinski definition) is 3. The molecule has 0 radical (unpaired) electrons. The van der Waals surface area contributed by atoms with E-state index in [1.807, 2.05) is 0 Å². The van der Waals surface area contributed by atoms with Crippen molar-refractivity contribution in [3.05, 3.63) is 29.3 Å². The molecule has 0 heterocycles. The molecule has 1 amide bonds. The Morgan fingerprint density at radius 3 is 2.65 bits per heavy atom. The van der Waals surface area contributed by atoms with Crippen molar-refractivity contribution in [3.8, 4) is 6.07 Å². The molecule has 0 saturated heterocycles. The van der Waals surface area contributed by atoms with Crippen molar-refractivity contribution >= 4 is 11.6 Å². The summed E-state index contributed by atoms with van der Waals surface area (Å²) in [6.07, 6.45) is 0. The Balaban J connectivity index is 2.64. The van der Waals surface area contributed by atoms with E-state index in [9.17, 15) is 13.6 Å². The van der Waals surface area contributed by atoms with Crippen LogP contribution < -0.4 is 10.6 Å². The number of hydrogen-bond donors (Lipinski definition) is 2. The summed E-state index contributed by atoms with van der Waals surface area (Å²) < 4.78 is 26.6. The molecule has 4 nitrogen and oxygen atoms in total. The summed E-state index contributed by atoms with van der Waals surface area (Å²) in [5.41, 5.74) is -0.373. The standard InChI is InChI=1S/C11H11F2N3O/c1-7(17)15-4-5-16-9-3-2-8(6-14)10(12)11(9)13/h2-3,16H,4-5H2,1H3,(H,15,17). The van der Waals surface area contributed by atoms with E-state index in [0.717, 1.165) is 0 Å². The molecule has 0 spiro atoms. The summed E-state index contributed by atoms with van der Waals surface area (Å²) in [5, 5.41) is 13.6. The molecule has 0 saturated carbocycles. The summed E-state index contributed by atoms with van der Waals surface area (Å²) in [7, 11) is 0. The van der Waals surface area contributed by atoms with Crippen LogP contribution in [-0.2, 0) is 4.79 Å². The molecule has 6 heteroatoms. The second-order valence-electron chi connectivity index (χ2n) is 3.31. The van der Waals surface area contributed by atoms with Gasteiger partial charge in [-0.3, -0.25) is 4.79 Å². The predicted octanol–water partition coefficient (Wildman–Crippen LogP) is 1.38. The van der Waals surface area contributed by atoms with Gasteiger partial charge in [-0.1, -0.05) is 0 Å². The van der Waals surface area contributed by atoms with Crippen molar-refractivity contribution in [1.82, 2.24) is 5.32 Å². The lowest BCUT2D eigenvalue weighted by atomic mass is 10.2. The van der Waals surface area contributed by atoms with Gasteiger partial charge in [0.1, 0.15) is 6.07 Å². The van der Waals surface area contributed by atoms with E-state index in [1.54, 1.807) is 6.07 Å². The highest BCUT2D eigenvalue weighted by Gasteiger charge is 2.12. The SMILES string of the molecule is CC(=O)NCCNc1ccc(C#N)c(F)c1F. The van der Waals surface area contributed by atoms with Crippen molar-refractivity contribution in [1.29, 1.82) is 5.26 Å². The van der Waals surface area contributed by atoms with Crippen LogP contribution in [0.4, 0.5) is 14.5 Å². The van der Waals surface area contributed by atoms with Gasteiger partial charge < -0.3 is 10.6 Å². The number of nitrogens with one attached hydrogen (secondary N) is 2. The molecule has 1 aromatic carbocycles. The minimum Gasteiger partial charge on any atom is -0.381 e. The molecule has 0 aliphatic heterocycles. The number of amides is 1. The van der Waals surface area contributed by atoms with Gasteiger partial charge in [0.25, 0.3) is 0 Å². The van der Waals surface area contributed by atoms with Crippen molar-refractivity contribution in [2.75, 3.05) is 18.4 Å². The van der Waals surface area contributed by atoms with Crippen molar-refractivity contribution in [2.24, 2.45) is 0 Å². The van der Waals surface area contributed by atoms with Crippen LogP contribution in [0.3, 0.4) is 0 Å². The minimum absolute atomic E-state index is 0.0353. The molecule has 0 aliphatic rings. The van der Waals surface area contributed by atoms with E-state index in [2.05, 4.69) is 10.6 Å². The molecule has 0 atom stereocenters. The number of halogens is 2. The van der Waals surface area contributed by atoms with Gasteiger partial charge >= 0.3 is 0 Å². The van der Waals surface area contributed by atoms with Gasteiger partial charge in [0, 0.05) is 20.0 Å². The number of benzene rings is 1. The van der Waals surface area contributed by atoms with E-state index < -0.39 is 11.6 Å². The fourth-order valence-corrected chi connectivity index (χ4v) is 1.21. The van der Waals surface area contributed by atoms with Gasteiger partial charge in [-0.2, -0.15) is 5.26 Å². The average Bonchev–Trinajstić information content (AvgIpc) is 2.29. The summed E-state index contributed by atoms with van der Waals surface area (Å²) in [6, 6.07) is 4.02. The number of rotatable bonds is 4. The first-order chi connectivity index (χ1) is 8.06. The second-order valence-corrected chi connectivity index (χ2v) is 3.31. The summed E-state index contributed by atoms with van der Waals surface area (Å²) in [6.45, 7) is 1.93. The van der Waals surface area contributed by atoms with Crippen LogP contribution in [0.2, 0.25) is 0 Å². The zero-order valence-corrected chi connectivity index (χ0v) is 9.18. The highest BCUT2D eigenvalue weighted by Crippen LogP contribution is 2.19. The molecule has 0 bridgehead atoms. The van der Waals surface area contributed by atoms with Gasteiger partial charge in [-0.15, -0.1) is 0 Å². The third-order valence-corrected chi connectivity index (χ3v) is 2.02. The fourth-order valence-electron chi connectivity index (χ4n) is 1.21. The van der Waals surface area contributed by atoms with Crippen LogP contribution in [0.5, 0.6) is 0 Å². The molecule has 0 fully saturated rings. The minimum atomic E-state index is -1.17. The van der Waals surface area contributed by atoms with Crippen LogP contribution in [-0.4, -0.2) is 19.0 Å². The van der Waals surface area contributed by atoms with E-state index in [1.165, 1.54) is 19.1 Å². The van der Waals surface area contributed by atoms with Crippen molar-refractivity contribution in [2.45, 2.75) is 6.92 Å². The molecule has 0 aromatic heterocycles. The zero-order valence-electron chi connectivity index (χ0n) is 9.18. The Morgan fingerprint density at radius 1 is 1.35 bits per heavy atom. The summed E-state index contributed by atoms with van der Waals surface area (Å²) >= 11 is 0. The lowest BCUT2D eigenvalue weighted by Gasteiger charge is -2.08. The molecule has 17 heavy (non-hydrogen) atoms. The van der Waals surface area contributed by atoms with Crippen molar-refractivity contribution in [3.63, 3.8) is 0 Å². The molecular weight excluding hydrogens is 228 g/mol. The normalized spacial score (nSPS) is 9.53. The largest absolute Gasteiger partial charge is 0.381 e.